The summed E-state index contributed by atoms with van der Waals surface area (Å²) in [6, 6.07) is 10.4. The van der Waals surface area contributed by atoms with Crippen LogP contribution in [-0.2, 0) is 0 Å². The summed E-state index contributed by atoms with van der Waals surface area (Å²) in [5.74, 6) is 0. The van der Waals surface area contributed by atoms with Gasteiger partial charge in [0.05, 0.1) is 0 Å². The smallest absolute Gasteiger partial charge is 0.150 e. The Morgan fingerprint density at radius 2 is 1.44 bits per heavy atom. The molecule has 92 valence electrons. The number of carbonyl (C=O) groups is 1. The molecule has 2 aromatic carbocycles. The second kappa shape index (κ2) is 4.77. The number of benzene rings is 2. The monoisotopic (exact) mass is 238 g/mol. The van der Waals surface area contributed by atoms with E-state index in [0.29, 0.717) is 0 Å². The van der Waals surface area contributed by atoms with Gasteiger partial charge in [-0.3, -0.25) is 4.79 Å². The first-order valence-corrected chi connectivity index (χ1v) is 6.16. The maximum atomic E-state index is 10.9. The summed E-state index contributed by atoms with van der Waals surface area (Å²) < 4.78 is 0. The lowest BCUT2D eigenvalue weighted by atomic mass is 9.93. The van der Waals surface area contributed by atoms with E-state index in [9.17, 15) is 4.79 Å². The van der Waals surface area contributed by atoms with Crippen LogP contribution in [0.2, 0.25) is 0 Å². The highest BCUT2D eigenvalue weighted by molar-refractivity contribution is 5.80. The van der Waals surface area contributed by atoms with E-state index in [-0.39, 0.29) is 0 Å². The molecule has 2 aromatic rings. The molecule has 2 rings (SSSR count). The van der Waals surface area contributed by atoms with E-state index >= 15 is 0 Å². The van der Waals surface area contributed by atoms with Crippen LogP contribution >= 0.6 is 0 Å². The standard InChI is InChI=1S/C17H18O/c1-11-5-15(10-18)9-16(6-11)17-8-13(3)12(2)7-14(17)4/h5-10H,1-4H3. The van der Waals surface area contributed by atoms with E-state index in [0.717, 1.165) is 23.0 Å². The molecule has 0 saturated carbocycles. The van der Waals surface area contributed by atoms with Crippen LogP contribution in [0.15, 0.2) is 30.3 Å². The highest BCUT2D eigenvalue weighted by Gasteiger charge is 2.06. The minimum absolute atomic E-state index is 0.739. The van der Waals surface area contributed by atoms with Crippen LogP contribution in [0.3, 0.4) is 0 Å². The molecule has 0 amide bonds. The van der Waals surface area contributed by atoms with Crippen LogP contribution in [0.25, 0.3) is 11.1 Å². The maximum absolute atomic E-state index is 10.9. The van der Waals surface area contributed by atoms with Crippen molar-refractivity contribution in [2.75, 3.05) is 0 Å². The van der Waals surface area contributed by atoms with Gasteiger partial charge in [-0.25, -0.2) is 0 Å². The Kier molecular flexibility index (Phi) is 3.33. The molecule has 1 heteroatoms. The second-order valence-corrected chi connectivity index (χ2v) is 5.00. The number of rotatable bonds is 2. The second-order valence-electron chi connectivity index (χ2n) is 5.00. The zero-order valence-corrected chi connectivity index (χ0v) is 11.4. The molecular formula is C17H18O. The molecule has 0 N–H and O–H groups in total. The predicted octanol–water partition coefficient (Wildman–Crippen LogP) is 4.40. The Bertz CT molecular complexity index is 609. The zero-order chi connectivity index (χ0) is 13.3. The average molecular weight is 238 g/mol. The fourth-order valence-electron chi connectivity index (χ4n) is 2.31. The molecule has 0 heterocycles. The summed E-state index contributed by atoms with van der Waals surface area (Å²) in [7, 11) is 0. The van der Waals surface area contributed by atoms with Gasteiger partial charge in [-0.2, -0.15) is 0 Å². The van der Waals surface area contributed by atoms with Crippen LogP contribution in [-0.4, -0.2) is 6.29 Å². The SMILES string of the molecule is Cc1cc(C=O)cc(-c2cc(C)c(C)cc2C)c1. The first-order chi connectivity index (χ1) is 8.51. The summed E-state index contributed by atoms with van der Waals surface area (Å²) in [6.45, 7) is 8.38. The van der Waals surface area contributed by atoms with Crippen LogP contribution in [0, 0.1) is 27.7 Å². The van der Waals surface area contributed by atoms with E-state index < -0.39 is 0 Å². The van der Waals surface area contributed by atoms with Gasteiger partial charge in [-0.05, 0) is 73.2 Å². The highest BCUT2D eigenvalue weighted by Crippen LogP contribution is 2.27. The van der Waals surface area contributed by atoms with Crippen LogP contribution in [0.1, 0.15) is 32.6 Å². The molecule has 0 aliphatic heterocycles. The number of aldehydes is 1. The van der Waals surface area contributed by atoms with Crippen LogP contribution < -0.4 is 0 Å². The van der Waals surface area contributed by atoms with Gasteiger partial charge in [0.25, 0.3) is 0 Å². The third-order valence-corrected chi connectivity index (χ3v) is 3.39. The quantitative estimate of drug-likeness (QED) is 0.709. The highest BCUT2D eigenvalue weighted by atomic mass is 16.1. The molecule has 0 aliphatic rings. The molecule has 0 unspecified atom stereocenters. The summed E-state index contributed by atoms with van der Waals surface area (Å²) in [4.78, 5) is 10.9. The van der Waals surface area contributed by atoms with Crippen molar-refractivity contribution in [2.24, 2.45) is 0 Å². The molecule has 0 aliphatic carbocycles. The minimum atomic E-state index is 0.739. The average Bonchev–Trinajstić information content (AvgIpc) is 2.33. The van der Waals surface area contributed by atoms with E-state index in [2.05, 4.69) is 39.0 Å². The summed E-state index contributed by atoms with van der Waals surface area (Å²) in [6.07, 6.45) is 0.910. The third kappa shape index (κ3) is 2.35. The lowest BCUT2D eigenvalue weighted by Gasteiger charge is -2.11. The molecule has 0 spiro atoms. The van der Waals surface area contributed by atoms with E-state index in [1.165, 1.54) is 22.3 Å². The van der Waals surface area contributed by atoms with Crippen molar-refractivity contribution in [3.63, 3.8) is 0 Å². The Morgan fingerprint density at radius 1 is 0.778 bits per heavy atom. The Hall–Kier alpha value is -1.89. The van der Waals surface area contributed by atoms with Gasteiger partial charge in [0.2, 0.25) is 0 Å². The van der Waals surface area contributed by atoms with E-state index in [1.54, 1.807) is 0 Å². The van der Waals surface area contributed by atoms with Crippen molar-refractivity contribution in [1.29, 1.82) is 0 Å². The van der Waals surface area contributed by atoms with Gasteiger partial charge < -0.3 is 0 Å². The fourth-order valence-corrected chi connectivity index (χ4v) is 2.31. The Morgan fingerprint density at radius 3 is 2.11 bits per heavy atom. The number of carbonyl (C=O) groups excluding carboxylic acids is 1. The van der Waals surface area contributed by atoms with Crippen molar-refractivity contribution in [2.45, 2.75) is 27.7 Å². The van der Waals surface area contributed by atoms with Crippen molar-refractivity contribution in [3.05, 3.63) is 58.1 Å². The zero-order valence-electron chi connectivity index (χ0n) is 11.4. The van der Waals surface area contributed by atoms with Crippen LogP contribution in [0.5, 0.6) is 0 Å². The molecule has 18 heavy (non-hydrogen) atoms. The molecule has 0 fully saturated rings. The molecule has 1 nitrogen and oxygen atoms in total. The summed E-state index contributed by atoms with van der Waals surface area (Å²) >= 11 is 0. The molecular weight excluding hydrogens is 220 g/mol. The van der Waals surface area contributed by atoms with E-state index in [4.69, 9.17) is 0 Å². The largest absolute Gasteiger partial charge is 0.298 e. The van der Waals surface area contributed by atoms with Gasteiger partial charge in [-0.1, -0.05) is 18.2 Å². The molecule has 0 atom stereocenters. The molecule has 0 bridgehead atoms. The first kappa shape index (κ1) is 12.6. The van der Waals surface area contributed by atoms with Crippen LogP contribution in [0.4, 0.5) is 0 Å². The minimum Gasteiger partial charge on any atom is -0.298 e. The predicted molar refractivity (Wildman–Crippen MR) is 76.2 cm³/mol. The van der Waals surface area contributed by atoms with Gasteiger partial charge in [0.1, 0.15) is 6.29 Å². The van der Waals surface area contributed by atoms with Gasteiger partial charge in [0, 0.05) is 5.56 Å². The Balaban J connectivity index is 2.65. The normalized spacial score (nSPS) is 10.4. The lowest BCUT2D eigenvalue weighted by Crippen LogP contribution is -1.91. The van der Waals surface area contributed by atoms with Crippen molar-refractivity contribution in [3.8, 4) is 11.1 Å². The molecule has 0 radical (unpaired) electrons. The molecule has 0 saturated heterocycles. The third-order valence-electron chi connectivity index (χ3n) is 3.39. The van der Waals surface area contributed by atoms with E-state index in [1.807, 2.05) is 19.1 Å². The first-order valence-electron chi connectivity index (χ1n) is 6.16. The molecule has 0 aromatic heterocycles. The lowest BCUT2D eigenvalue weighted by molar-refractivity contribution is 0.112. The Labute approximate surface area is 108 Å². The number of hydrogen-bond acceptors (Lipinski definition) is 1. The van der Waals surface area contributed by atoms with Crippen molar-refractivity contribution in [1.82, 2.24) is 0 Å². The van der Waals surface area contributed by atoms with Gasteiger partial charge >= 0.3 is 0 Å². The van der Waals surface area contributed by atoms with Gasteiger partial charge in [-0.15, -0.1) is 0 Å². The van der Waals surface area contributed by atoms with Gasteiger partial charge in [0.15, 0.2) is 0 Å². The number of aryl methyl sites for hydroxylation is 4. The number of hydrogen-bond donors (Lipinski definition) is 0. The summed E-state index contributed by atoms with van der Waals surface area (Å²) in [5, 5.41) is 0. The maximum Gasteiger partial charge on any atom is 0.150 e. The summed E-state index contributed by atoms with van der Waals surface area (Å²) in [5.41, 5.74) is 8.03. The topological polar surface area (TPSA) is 17.1 Å². The fraction of sp³-hybridized carbons (Fsp3) is 0.235. The van der Waals surface area contributed by atoms with Crippen molar-refractivity contribution < 1.29 is 4.79 Å². The van der Waals surface area contributed by atoms with Crippen molar-refractivity contribution >= 4 is 6.29 Å².